The fourth-order valence-corrected chi connectivity index (χ4v) is 2.20. The molecule has 0 fully saturated rings. The largest absolute Gasteiger partial charge is 0.300 e. The van der Waals surface area contributed by atoms with Crippen molar-refractivity contribution in [3.63, 3.8) is 0 Å². The molecule has 0 saturated heterocycles. The van der Waals surface area contributed by atoms with Crippen LogP contribution in [0.25, 0.3) is 11.3 Å². The van der Waals surface area contributed by atoms with Crippen LogP contribution in [0.5, 0.6) is 0 Å². The van der Waals surface area contributed by atoms with E-state index < -0.39 is 10.5 Å². The van der Waals surface area contributed by atoms with Crippen molar-refractivity contribution in [3.05, 3.63) is 49.8 Å². The summed E-state index contributed by atoms with van der Waals surface area (Å²) < 4.78 is 0. The topological polar surface area (TPSA) is 113 Å². The van der Waals surface area contributed by atoms with Crippen molar-refractivity contribution in [2.24, 2.45) is 0 Å². The molecule has 2 aromatic rings. The molecule has 0 aliphatic carbocycles. The highest BCUT2D eigenvalue weighted by molar-refractivity contribution is 7.98. The molecule has 0 aliphatic heterocycles. The number of rotatable bonds is 3. The zero-order valence-corrected chi connectivity index (χ0v) is 12.0. The first-order valence-electron chi connectivity index (χ1n) is 5.81. The third-order valence-electron chi connectivity index (χ3n) is 2.89. The lowest BCUT2D eigenvalue weighted by Crippen LogP contribution is -2.15. The van der Waals surface area contributed by atoms with Gasteiger partial charge in [-0.15, -0.1) is 0 Å². The van der Waals surface area contributed by atoms with Gasteiger partial charge < -0.3 is 4.98 Å². The van der Waals surface area contributed by atoms with Crippen molar-refractivity contribution in [3.8, 4) is 17.3 Å². The molecule has 0 amide bonds. The number of nitro benzene ring substituents is 1. The first kappa shape index (κ1) is 14.7. The van der Waals surface area contributed by atoms with Crippen molar-refractivity contribution in [1.29, 1.82) is 5.26 Å². The average molecular weight is 302 g/mol. The molecular weight excluding hydrogens is 292 g/mol. The van der Waals surface area contributed by atoms with Gasteiger partial charge in [-0.3, -0.25) is 14.9 Å². The van der Waals surface area contributed by atoms with Crippen LogP contribution in [0.1, 0.15) is 11.1 Å². The lowest BCUT2D eigenvalue weighted by Gasteiger charge is -2.08. The van der Waals surface area contributed by atoms with Crippen LogP contribution in [0.3, 0.4) is 0 Å². The van der Waals surface area contributed by atoms with Gasteiger partial charge in [0.2, 0.25) is 0 Å². The number of nitrogens with one attached hydrogen (secondary N) is 1. The fraction of sp³-hybridized carbons (Fsp3) is 0.154. The number of hydrogen-bond donors (Lipinski definition) is 1. The molecule has 1 aromatic carbocycles. The van der Waals surface area contributed by atoms with Gasteiger partial charge in [-0.1, -0.05) is 17.8 Å². The van der Waals surface area contributed by atoms with Crippen LogP contribution in [-0.4, -0.2) is 21.1 Å². The number of benzene rings is 1. The molecule has 8 heteroatoms. The van der Waals surface area contributed by atoms with E-state index in [2.05, 4.69) is 9.97 Å². The Kier molecular flexibility index (Phi) is 4.05. The summed E-state index contributed by atoms with van der Waals surface area (Å²) in [5.41, 5.74) is 0.428. The van der Waals surface area contributed by atoms with Crippen molar-refractivity contribution in [1.82, 2.24) is 9.97 Å². The Balaban J connectivity index is 2.80. The van der Waals surface area contributed by atoms with Gasteiger partial charge >= 0.3 is 0 Å². The molecule has 0 bridgehead atoms. The van der Waals surface area contributed by atoms with E-state index in [0.29, 0.717) is 16.3 Å². The van der Waals surface area contributed by atoms with Crippen LogP contribution >= 0.6 is 11.8 Å². The lowest BCUT2D eigenvalue weighted by atomic mass is 10.0. The van der Waals surface area contributed by atoms with E-state index in [1.807, 2.05) is 0 Å². The number of nitriles is 1. The molecule has 1 aromatic heterocycles. The van der Waals surface area contributed by atoms with E-state index in [4.69, 9.17) is 5.26 Å². The first-order valence-corrected chi connectivity index (χ1v) is 7.04. The molecule has 106 valence electrons. The molecule has 0 saturated carbocycles. The highest BCUT2D eigenvalue weighted by Gasteiger charge is 2.17. The number of H-pyrrole nitrogens is 1. The quantitative estimate of drug-likeness (QED) is 0.402. The molecule has 1 N–H and O–H groups in total. The molecule has 0 spiro atoms. The molecule has 21 heavy (non-hydrogen) atoms. The van der Waals surface area contributed by atoms with Gasteiger partial charge in [-0.2, -0.15) is 5.26 Å². The van der Waals surface area contributed by atoms with Gasteiger partial charge in [0.25, 0.3) is 11.2 Å². The number of nitrogens with zero attached hydrogens (tertiary/aromatic N) is 3. The lowest BCUT2D eigenvalue weighted by molar-refractivity contribution is -0.384. The zero-order valence-electron chi connectivity index (χ0n) is 11.2. The highest BCUT2D eigenvalue weighted by atomic mass is 32.2. The zero-order chi connectivity index (χ0) is 15.6. The Morgan fingerprint density at radius 1 is 1.48 bits per heavy atom. The summed E-state index contributed by atoms with van der Waals surface area (Å²) in [6.45, 7) is 1.74. The van der Waals surface area contributed by atoms with Gasteiger partial charge in [0.15, 0.2) is 5.16 Å². The average Bonchev–Trinajstić information content (AvgIpc) is 2.46. The molecule has 0 atom stereocenters. The van der Waals surface area contributed by atoms with Crippen LogP contribution in [-0.2, 0) is 0 Å². The normalized spacial score (nSPS) is 10.1. The summed E-state index contributed by atoms with van der Waals surface area (Å²) >= 11 is 1.22. The molecular formula is C13H10N4O3S. The number of aryl methyl sites for hydroxylation is 1. The van der Waals surface area contributed by atoms with Crippen LogP contribution in [0.4, 0.5) is 5.69 Å². The molecule has 0 radical (unpaired) electrons. The van der Waals surface area contributed by atoms with Gasteiger partial charge in [0.1, 0.15) is 11.6 Å². The second-order valence-corrected chi connectivity index (χ2v) is 4.96. The summed E-state index contributed by atoms with van der Waals surface area (Å²) in [5, 5.41) is 20.4. The number of non-ortho nitro benzene ring substituents is 1. The van der Waals surface area contributed by atoms with Gasteiger partial charge in [-0.25, -0.2) is 4.98 Å². The Bertz CT molecular complexity index is 823. The standard InChI is InChI=1S/C13H10N4O3S/c1-7-3-4-8(17(19)20)5-9(7)11-10(6-14)12(18)16-13(15-11)21-2/h3-5H,1-2H3,(H,15,16,18). The summed E-state index contributed by atoms with van der Waals surface area (Å²) in [6, 6.07) is 6.06. The number of aromatic amines is 1. The summed E-state index contributed by atoms with van der Waals surface area (Å²) in [7, 11) is 0. The van der Waals surface area contributed by atoms with Crippen molar-refractivity contribution < 1.29 is 4.92 Å². The van der Waals surface area contributed by atoms with Gasteiger partial charge in [0.05, 0.1) is 10.6 Å². The predicted molar refractivity (Wildman–Crippen MR) is 78.2 cm³/mol. The second kappa shape index (κ2) is 5.76. The number of thioether (sulfide) groups is 1. The highest BCUT2D eigenvalue weighted by Crippen LogP contribution is 2.28. The Morgan fingerprint density at radius 2 is 2.19 bits per heavy atom. The molecule has 2 rings (SSSR count). The SMILES string of the molecule is CSc1nc(-c2cc([N+](=O)[O-])ccc2C)c(C#N)c(=O)[nH]1. The van der Waals surface area contributed by atoms with E-state index in [9.17, 15) is 14.9 Å². The Hall–Kier alpha value is -2.66. The smallest absolute Gasteiger partial charge is 0.270 e. The summed E-state index contributed by atoms with van der Waals surface area (Å²) in [6.07, 6.45) is 1.73. The van der Waals surface area contributed by atoms with Crippen LogP contribution in [0, 0.1) is 28.4 Å². The minimum Gasteiger partial charge on any atom is -0.300 e. The van der Waals surface area contributed by atoms with Gasteiger partial charge in [-0.05, 0) is 18.7 Å². The van der Waals surface area contributed by atoms with Crippen LogP contribution < -0.4 is 5.56 Å². The summed E-state index contributed by atoms with van der Waals surface area (Å²) in [4.78, 5) is 28.9. The third kappa shape index (κ3) is 2.78. The van der Waals surface area contributed by atoms with E-state index in [0.717, 1.165) is 0 Å². The third-order valence-corrected chi connectivity index (χ3v) is 3.47. The van der Waals surface area contributed by atoms with E-state index in [1.54, 1.807) is 25.3 Å². The molecule has 0 unspecified atom stereocenters. The maximum atomic E-state index is 11.9. The molecule has 1 heterocycles. The molecule has 0 aliphatic rings. The Morgan fingerprint density at radius 3 is 2.76 bits per heavy atom. The number of nitro groups is 1. The van der Waals surface area contributed by atoms with Crippen LogP contribution in [0.15, 0.2) is 28.2 Å². The number of aromatic nitrogens is 2. The van der Waals surface area contributed by atoms with Crippen molar-refractivity contribution in [2.75, 3.05) is 6.26 Å². The van der Waals surface area contributed by atoms with E-state index in [1.165, 1.54) is 23.9 Å². The summed E-state index contributed by atoms with van der Waals surface area (Å²) in [5.74, 6) is 0. The fourth-order valence-electron chi connectivity index (χ4n) is 1.83. The monoisotopic (exact) mass is 302 g/mol. The maximum Gasteiger partial charge on any atom is 0.270 e. The van der Waals surface area contributed by atoms with Crippen molar-refractivity contribution >= 4 is 17.4 Å². The predicted octanol–water partition coefficient (Wildman–Crippen LogP) is 2.25. The Labute approximate surface area is 123 Å². The molecule has 7 nitrogen and oxygen atoms in total. The minimum atomic E-state index is -0.558. The maximum absolute atomic E-state index is 11.9. The van der Waals surface area contributed by atoms with Crippen molar-refractivity contribution in [2.45, 2.75) is 12.1 Å². The minimum absolute atomic E-state index is 0.118. The number of hydrogen-bond acceptors (Lipinski definition) is 6. The van der Waals surface area contributed by atoms with E-state index in [-0.39, 0.29) is 16.9 Å². The first-order chi connectivity index (χ1) is 9.97. The van der Waals surface area contributed by atoms with Crippen LogP contribution in [0.2, 0.25) is 0 Å². The second-order valence-electron chi connectivity index (χ2n) is 4.17. The van der Waals surface area contributed by atoms with Gasteiger partial charge in [0, 0.05) is 17.7 Å². The van der Waals surface area contributed by atoms with E-state index >= 15 is 0 Å².